The Bertz CT molecular complexity index is 735. The highest BCUT2D eigenvalue weighted by molar-refractivity contribution is 8.01. The Morgan fingerprint density at radius 1 is 1.39 bits per heavy atom. The summed E-state index contributed by atoms with van der Waals surface area (Å²) in [6.07, 6.45) is 5.39. The molecule has 0 radical (unpaired) electrons. The maximum atomic E-state index is 12.1. The molecule has 0 aliphatic heterocycles. The second-order valence-electron chi connectivity index (χ2n) is 5.65. The third-order valence-corrected chi connectivity index (χ3v) is 6.23. The van der Waals surface area contributed by atoms with Gasteiger partial charge in [-0.25, -0.2) is 10.1 Å². The molecular formula is C15H18N4O2S2. The molecule has 2 aromatic heterocycles. The van der Waals surface area contributed by atoms with Crippen molar-refractivity contribution in [2.45, 2.75) is 48.2 Å². The molecule has 0 atom stereocenters. The van der Waals surface area contributed by atoms with E-state index in [-0.39, 0.29) is 17.5 Å². The number of hydrogen-bond acceptors (Lipinski definition) is 6. The zero-order valence-corrected chi connectivity index (χ0v) is 14.4. The van der Waals surface area contributed by atoms with Gasteiger partial charge in [-0.1, -0.05) is 11.8 Å². The van der Waals surface area contributed by atoms with Crippen LogP contribution in [0, 0.1) is 6.92 Å². The summed E-state index contributed by atoms with van der Waals surface area (Å²) in [5, 5.41) is 11.6. The van der Waals surface area contributed by atoms with Gasteiger partial charge in [0.25, 0.3) is 11.5 Å². The first kappa shape index (κ1) is 16.2. The molecule has 23 heavy (non-hydrogen) atoms. The van der Waals surface area contributed by atoms with Crippen LogP contribution in [0.5, 0.6) is 0 Å². The summed E-state index contributed by atoms with van der Waals surface area (Å²) in [6, 6.07) is 1.44. The van der Waals surface area contributed by atoms with E-state index >= 15 is 0 Å². The molecule has 0 saturated heterocycles. The molecule has 1 amide bonds. The van der Waals surface area contributed by atoms with E-state index in [1.165, 1.54) is 12.3 Å². The van der Waals surface area contributed by atoms with E-state index in [2.05, 4.69) is 25.9 Å². The van der Waals surface area contributed by atoms with Crippen LogP contribution in [0.1, 0.15) is 41.7 Å². The fourth-order valence-electron chi connectivity index (χ4n) is 2.62. The van der Waals surface area contributed by atoms with Gasteiger partial charge in [-0.15, -0.1) is 11.3 Å². The molecule has 8 heteroatoms. The predicted molar refractivity (Wildman–Crippen MR) is 91.1 cm³/mol. The molecule has 2 N–H and O–H groups in total. The third kappa shape index (κ3) is 4.42. The zero-order chi connectivity index (χ0) is 16.2. The summed E-state index contributed by atoms with van der Waals surface area (Å²) in [5.74, 6) is -0.227. The fraction of sp³-hybridized carbons (Fsp3) is 0.467. The van der Waals surface area contributed by atoms with Crippen molar-refractivity contribution >= 4 is 29.0 Å². The van der Waals surface area contributed by atoms with Crippen molar-refractivity contribution in [1.29, 1.82) is 0 Å². The van der Waals surface area contributed by atoms with E-state index in [1.807, 2.05) is 18.7 Å². The predicted octanol–water partition coefficient (Wildman–Crippen LogP) is 2.37. The minimum Gasteiger partial charge on any atom is -0.349 e. The van der Waals surface area contributed by atoms with E-state index in [0.717, 1.165) is 35.7 Å². The SMILES string of the molecule is Cc1csc(SC2CCC(NC(=O)c3cn[nH]c(=O)c3)CC2)n1. The maximum Gasteiger partial charge on any atom is 0.264 e. The van der Waals surface area contributed by atoms with Crippen molar-refractivity contribution in [3.8, 4) is 0 Å². The van der Waals surface area contributed by atoms with Crippen LogP contribution in [0.2, 0.25) is 0 Å². The van der Waals surface area contributed by atoms with Crippen LogP contribution < -0.4 is 10.9 Å². The van der Waals surface area contributed by atoms with Gasteiger partial charge in [0.15, 0.2) is 0 Å². The van der Waals surface area contributed by atoms with E-state index in [9.17, 15) is 9.59 Å². The summed E-state index contributed by atoms with van der Waals surface area (Å²) in [6.45, 7) is 2.01. The topological polar surface area (TPSA) is 87.7 Å². The number of H-pyrrole nitrogens is 1. The number of aryl methyl sites for hydroxylation is 1. The third-order valence-electron chi connectivity index (χ3n) is 3.80. The lowest BCUT2D eigenvalue weighted by molar-refractivity contribution is 0.0927. The maximum absolute atomic E-state index is 12.1. The van der Waals surface area contributed by atoms with Gasteiger partial charge in [0.2, 0.25) is 0 Å². The van der Waals surface area contributed by atoms with Crippen LogP contribution >= 0.6 is 23.1 Å². The van der Waals surface area contributed by atoms with Gasteiger partial charge < -0.3 is 5.32 Å². The number of thioether (sulfide) groups is 1. The second kappa shape index (κ2) is 7.27. The van der Waals surface area contributed by atoms with Crippen molar-refractivity contribution in [2.24, 2.45) is 0 Å². The highest BCUT2D eigenvalue weighted by Crippen LogP contribution is 2.35. The Morgan fingerprint density at radius 2 is 2.17 bits per heavy atom. The van der Waals surface area contributed by atoms with Crippen LogP contribution in [0.4, 0.5) is 0 Å². The number of aromatic amines is 1. The number of aromatic nitrogens is 3. The Morgan fingerprint density at radius 3 is 2.83 bits per heavy atom. The number of thiazole rings is 1. The molecule has 1 fully saturated rings. The smallest absolute Gasteiger partial charge is 0.264 e. The number of carbonyl (C=O) groups is 1. The van der Waals surface area contributed by atoms with Gasteiger partial charge in [-0.2, -0.15) is 5.10 Å². The second-order valence-corrected chi connectivity index (χ2v) is 8.06. The lowest BCUT2D eigenvalue weighted by Gasteiger charge is -2.28. The summed E-state index contributed by atoms with van der Waals surface area (Å²) in [5.41, 5.74) is 1.02. The average Bonchev–Trinajstić information content (AvgIpc) is 2.94. The van der Waals surface area contributed by atoms with Gasteiger partial charge in [0.05, 0.1) is 11.8 Å². The largest absolute Gasteiger partial charge is 0.349 e. The molecule has 1 saturated carbocycles. The molecule has 1 aliphatic carbocycles. The Labute approximate surface area is 142 Å². The van der Waals surface area contributed by atoms with Gasteiger partial charge in [0, 0.05) is 28.4 Å². The Kier molecular flexibility index (Phi) is 5.12. The molecule has 0 bridgehead atoms. The first-order chi connectivity index (χ1) is 11.1. The van der Waals surface area contributed by atoms with Crippen LogP contribution in [0.25, 0.3) is 0 Å². The number of nitrogens with zero attached hydrogens (tertiary/aromatic N) is 2. The summed E-state index contributed by atoms with van der Waals surface area (Å²) < 4.78 is 1.13. The van der Waals surface area contributed by atoms with Crippen molar-refractivity contribution in [3.05, 3.63) is 39.3 Å². The van der Waals surface area contributed by atoms with Crippen LogP contribution in [-0.4, -0.2) is 32.4 Å². The number of carbonyl (C=O) groups excluding carboxylic acids is 1. The standard InChI is InChI=1S/C15H18N4O2S2/c1-9-8-22-15(17-9)23-12-4-2-11(3-5-12)18-14(21)10-6-13(20)19-16-7-10/h6-8,11-12H,2-5H2,1H3,(H,18,21)(H,19,20). The number of amides is 1. The van der Waals surface area contributed by atoms with Crippen molar-refractivity contribution < 1.29 is 4.79 Å². The van der Waals surface area contributed by atoms with Crippen LogP contribution in [-0.2, 0) is 0 Å². The van der Waals surface area contributed by atoms with Gasteiger partial charge >= 0.3 is 0 Å². The van der Waals surface area contributed by atoms with Crippen molar-refractivity contribution in [1.82, 2.24) is 20.5 Å². The normalized spacial score (nSPS) is 21.1. The molecule has 0 aromatic carbocycles. The minimum absolute atomic E-state index is 0.164. The molecule has 2 aromatic rings. The molecule has 2 heterocycles. The molecule has 0 spiro atoms. The summed E-state index contributed by atoms with van der Waals surface area (Å²) >= 11 is 3.54. The highest BCUT2D eigenvalue weighted by atomic mass is 32.2. The number of rotatable bonds is 4. The number of hydrogen-bond donors (Lipinski definition) is 2. The molecular weight excluding hydrogens is 332 g/mol. The highest BCUT2D eigenvalue weighted by Gasteiger charge is 2.24. The zero-order valence-electron chi connectivity index (χ0n) is 12.7. The molecule has 122 valence electrons. The first-order valence-electron chi connectivity index (χ1n) is 7.54. The summed E-state index contributed by atoms with van der Waals surface area (Å²) in [7, 11) is 0. The quantitative estimate of drug-likeness (QED) is 0.884. The molecule has 1 aliphatic rings. The van der Waals surface area contributed by atoms with Crippen molar-refractivity contribution in [2.75, 3.05) is 0 Å². The lowest BCUT2D eigenvalue weighted by atomic mass is 9.95. The van der Waals surface area contributed by atoms with E-state index in [1.54, 1.807) is 11.3 Å². The number of nitrogens with one attached hydrogen (secondary N) is 2. The lowest BCUT2D eigenvalue weighted by Crippen LogP contribution is -2.38. The average molecular weight is 350 g/mol. The summed E-state index contributed by atoms with van der Waals surface area (Å²) in [4.78, 5) is 27.8. The van der Waals surface area contributed by atoms with Crippen LogP contribution in [0.3, 0.4) is 0 Å². The van der Waals surface area contributed by atoms with Gasteiger partial charge in [-0.3, -0.25) is 9.59 Å². The fourth-order valence-corrected chi connectivity index (χ4v) is 4.91. The minimum atomic E-state index is -0.364. The van der Waals surface area contributed by atoms with Crippen LogP contribution in [0.15, 0.2) is 26.8 Å². The monoisotopic (exact) mass is 350 g/mol. The Balaban J connectivity index is 1.49. The van der Waals surface area contributed by atoms with Gasteiger partial charge in [-0.05, 0) is 32.6 Å². The molecule has 0 unspecified atom stereocenters. The first-order valence-corrected chi connectivity index (χ1v) is 9.30. The molecule has 6 nitrogen and oxygen atoms in total. The van der Waals surface area contributed by atoms with E-state index in [4.69, 9.17) is 0 Å². The van der Waals surface area contributed by atoms with Gasteiger partial charge in [0.1, 0.15) is 4.34 Å². The molecule has 3 rings (SSSR count). The van der Waals surface area contributed by atoms with E-state index < -0.39 is 0 Å². The Hall–Kier alpha value is -1.67. The van der Waals surface area contributed by atoms with Crippen molar-refractivity contribution in [3.63, 3.8) is 0 Å². The van der Waals surface area contributed by atoms with E-state index in [0.29, 0.717) is 10.8 Å².